The lowest BCUT2D eigenvalue weighted by Gasteiger charge is -2.31. The van der Waals surface area contributed by atoms with E-state index in [0.717, 1.165) is 25.3 Å². The molecule has 0 heterocycles. The molecule has 0 atom stereocenters. The fourth-order valence-electron chi connectivity index (χ4n) is 2.27. The third-order valence-electron chi connectivity index (χ3n) is 3.71. The molecule has 0 unspecified atom stereocenters. The highest BCUT2D eigenvalue weighted by Crippen LogP contribution is 2.32. The monoisotopic (exact) mass is 364 g/mol. The largest absolute Gasteiger partial charge is 0.398 e. The second-order valence-electron chi connectivity index (χ2n) is 5.06. The molecule has 1 fully saturated rings. The first-order chi connectivity index (χ1) is 9.36. The van der Waals surface area contributed by atoms with E-state index < -0.39 is 15.8 Å². The van der Waals surface area contributed by atoms with Crippen molar-refractivity contribution in [1.29, 1.82) is 0 Å². The summed E-state index contributed by atoms with van der Waals surface area (Å²) in [5.74, 6) is -0.140. The van der Waals surface area contributed by atoms with Crippen molar-refractivity contribution in [3.63, 3.8) is 0 Å². The maximum atomic E-state index is 13.4. The van der Waals surface area contributed by atoms with Gasteiger partial charge in [0.05, 0.1) is 10.2 Å². The molecule has 1 aromatic carbocycles. The van der Waals surface area contributed by atoms with Crippen LogP contribution < -0.4 is 5.73 Å². The average Bonchev–Trinajstić information content (AvgIpc) is 2.32. The van der Waals surface area contributed by atoms with Gasteiger partial charge in [-0.3, -0.25) is 0 Å². The third-order valence-corrected chi connectivity index (χ3v) is 6.31. The van der Waals surface area contributed by atoms with E-state index in [1.54, 1.807) is 6.92 Å². The third kappa shape index (κ3) is 2.99. The van der Waals surface area contributed by atoms with Gasteiger partial charge in [-0.1, -0.05) is 13.3 Å². The van der Waals surface area contributed by atoms with Crippen molar-refractivity contribution >= 4 is 31.6 Å². The Balaban J connectivity index is 2.34. The van der Waals surface area contributed by atoms with Crippen LogP contribution in [0.25, 0.3) is 0 Å². The molecule has 0 saturated heterocycles. The summed E-state index contributed by atoms with van der Waals surface area (Å²) in [5.41, 5.74) is 5.62. The van der Waals surface area contributed by atoms with Crippen LogP contribution in [-0.4, -0.2) is 25.8 Å². The molecule has 112 valence electrons. The normalized spacial score (nSPS) is 16.4. The number of anilines is 1. The molecule has 0 amide bonds. The highest BCUT2D eigenvalue weighted by Gasteiger charge is 2.30. The van der Waals surface area contributed by atoms with Crippen LogP contribution in [0.15, 0.2) is 21.5 Å². The van der Waals surface area contributed by atoms with Gasteiger partial charge in [-0.2, -0.15) is 4.31 Å². The average molecular weight is 365 g/mol. The second kappa shape index (κ2) is 5.99. The van der Waals surface area contributed by atoms with Crippen LogP contribution in [0, 0.1) is 11.7 Å². The molecule has 1 saturated carbocycles. The number of rotatable bonds is 5. The van der Waals surface area contributed by atoms with Gasteiger partial charge in [0, 0.05) is 13.1 Å². The van der Waals surface area contributed by atoms with Crippen LogP contribution in [0.1, 0.15) is 26.2 Å². The number of nitrogens with two attached hydrogens (primary N) is 1. The first-order valence-electron chi connectivity index (χ1n) is 6.61. The Labute approximate surface area is 127 Å². The van der Waals surface area contributed by atoms with Crippen LogP contribution in [0.3, 0.4) is 0 Å². The van der Waals surface area contributed by atoms with E-state index in [0.29, 0.717) is 19.0 Å². The number of hydrogen-bond donors (Lipinski definition) is 1. The Bertz CT molecular complexity index is 603. The predicted octanol–water partition coefficient (Wildman–Crippen LogP) is 2.98. The van der Waals surface area contributed by atoms with E-state index in [-0.39, 0.29) is 15.1 Å². The first-order valence-corrected chi connectivity index (χ1v) is 8.84. The molecule has 0 aromatic heterocycles. The van der Waals surface area contributed by atoms with Gasteiger partial charge in [-0.05, 0) is 46.8 Å². The van der Waals surface area contributed by atoms with Gasteiger partial charge >= 0.3 is 0 Å². The molecule has 1 aliphatic carbocycles. The number of nitrogen functional groups attached to an aromatic ring is 1. The van der Waals surface area contributed by atoms with Crippen molar-refractivity contribution in [1.82, 2.24) is 4.31 Å². The van der Waals surface area contributed by atoms with Gasteiger partial charge in [-0.15, -0.1) is 0 Å². The standard InChI is InChI=1S/C13H18BrFN2O2S/c1-2-17(8-9-4-3-5-9)20(18,19)13-6-10(14)11(15)7-12(13)16/h6-7,9H,2-5,8,16H2,1H3. The summed E-state index contributed by atoms with van der Waals surface area (Å²) in [6.45, 7) is 2.69. The summed E-state index contributed by atoms with van der Waals surface area (Å²) in [6, 6.07) is 2.28. The molecule has 2 rings (SSSR count). The van der Waals surface area contributed by atoms with E-state index >= 15 is 0 Å². The van der Waals surface area contributed by atoms with E-state index in [4.69, 9.17) is 5.73 Å². The Hall–Kier alpha value is -0.660. The Morgan fingerprint density at radius 3 is 2.60 bits per heavy atom. The van der Waals surface area contributed by atoms with Crippen LogP contribution >= 0.6 is 15.9 Å². The van der Waals surface area contributed by atoms with Gasteiger partial charge in [0.15, 0.2) is 0 Å². The van der Waals surface area contributed by atoms with Gasteiger partial charge in [0.25, 0.3) is 0 Å². The molecule has 20 heavy (non-hydrogen) atoms. The summed E-state index contributed by atoms with van der Waals surface area (Å²) in [6.07, 6.45) is 3.29. The summed E-state index contributed by atoms with van der Waals surface area (Å²) < 4.78 is 40.1. The number of sulfonamides is 1. The van der Waals surface area contributed by atoms with E-state index in [1.807, 2.05) is 0 Å². The predicted molar refractivity (Wildman–Crippen MR) is 80.3 cm³/mol. The maximum Gasteiger partial charge on any atom is 0.245 e. The fraction of sp³-hybridized carbons (Fsp3) is 0.538. The minimum Gasteiger partial charge on any atom is -0.398 e. The van der Waals surface area contributed by atoms with Crippen LogP contribution in [0.2, 0.25) is 0 Å². The van der Waals surface area contributed by atoms with Crippen molar-refractivity contribution in [2.45, 2.75) is 31.1 Å². The lowest BCUT2D eigenvalue weighted by Crippen LogP contribution is -2.37. The number of benzene rings is 1. The van der Waals surface area contributed by atoms with Gasteiger partial charge < -0.3 is 5.73 Å². The maximum absolute atomic E-state index is 13.4. The van der Waals surface area contributed by atoms with Crippen LogP contribution in [-0.2, 0) is 10.0 Å². The molecule has 7 heteroatoms. The molecule has 4 nitrogen and oxygen atoms in total. The molecule has 0 aliphatic heterocycles. The summed E-state index contributed by atoms with van der Waals surface area (Å²) in [5, 5.41) is 0. The zero-order valence-corrected chi connectivity index (χ0v) is 13.7. The van der Waals surface area contributed by atoms with Crippen molar-refractivity contribution < 1.29 is 12.8 Å². The number of halogens is 2. The minimum absolute atomic E-state index is 0.0352. The lowest BCUT2D eigenvalue weighted by atomic mass is 9.85. The fourth-order valence-corrected chi connectivity index (χ4v) is 4.41. The van der Waals surface area contributed by atoms with Crippen molar-refractivity contribution in [2.24, 2.45) is 5.92 Å². The molecule has 1 aliphatic rings. The zero-order chi connectivity index (χ0) is 14.9. The smallest absolute Gasteiger partial charge is 0.245 e. The topological polar surface area (TPSA) is 63.4 Å². The second-order valence-corrected chi connectivity index (χ2v) is 7.82. The molecule has 0 bridgehead atoms. The van der Waals surface area contributed by atoms with Gasteiger partial charge in [0.2, 0.25) is 10.0 Å². The number of hydrogen-bond acceptors (Lipinski definition) is 3. The van der Waals surface area contributed by atoms with Crippen molar-refractivity contribution in [3.8, 4) is 0 Å². The van der Waals surface area contributed by atoms with Crippen LogP contribution in [0.4, 0.5) is 10.1 Å². The Kier molecular flexibility index (Phi) is 4.71. The molecule has 0 spiro atoms. The molecule has 1 aromatic rings. The highest BCUT2D eigenvalue weighted by atomic mass is 79.9. The highest BCUT2D eigenvalue weighted by molar-refractivity contribution is 9.10. The van der Waals surface area contributed by atoms with E-state index in [2.05, 4.69) is 15.9 Å². The van der Waals surface area contributed by atoms with Gasteiger partial charge in [0.1, 0.15) is 10.7 Å². The Morgan fingerprint density at radius 1 is 1.45 bits per heavy atom. The summed E-state index contributed by atoms with van der Waals surface area (Å²) in [4.78, 5) is -0.0352. The summed E-state index contributed by atoms with van der Waals surface area (Å²) in [7, 11) is -3.68. The summed E-state index contributed by atoms with van der Waals surface area (Å²) >= 11 is 3.01. The SMILES string of the molecule is CCN(CC1CCC1)S(=O)(=O)c1cc(Br)c(F)cc1N. The molecule has 2 N–H and O–H groups in total. The Morgan fingerprint density at radius 2 is 2.10 bits per heavy atom. The van der Waals surface area contributed by atoms with E-state index in [1.165, 1.54) is 10.4 Å². The first kappa shape index (κ1) is 15.7. The van der Waals surface area contributed by atoms with Crippen molar-refractivity contribution in [3.05, 3.63) is 22.4 Å². The van der Waals surface area contributed by atoms with Crippen LogP contribution in [0.5, 0.6) is 0 Å². The van der Waals surface area contributed by atoms with Crippen molar-refractivity contribution in [2.75, 3.05) is 18.8 Å². The quantitative estimate of drug-likeness (QED) is 0.816. The van der Waals surface area contributed by atoms with Gasteiger partial charge in [-0.25, -0.2) is 12.8 Å². The van der Waals surface area contributed by atoms with E-state index in [9.17, 15) is 12.8 Å². The lowest BCUT2D eigenvalue weighted by molar-refractivity contribution is 0.250. The minimum atomic E-state index is -3.68. The number of nitrogens with zero attached hydrogens (tertiary/aromatic N) is 1. The molecule has 0 radical (unpaired) electrons. The zero-order valence-electron chi connectivity index (χ0n) is 11.3. The molecular weight excluding hydrogens is 347 g/mol. The molecular formula is C13H18BrFN2O2S.